The van der Waals surface area contributed by atoms with Crippen LogP contribution in [0, 0.1) is 27.7 Å². The minimum Gasteiger partial charge on any atom is -0.497 e. The fourth-order valence-corrected chi connectivity index (χ4v) is 6.78. The first-order chi connectivity index (χ1) is 28.8. The quantitative estimate of drug-likeness (QED) is 0.0433. The lowest BCUT2D eigenvalue weighted by Crippen LogP contribution is -2.19. The highest BCUT2D eigenvalue weighted by atomic mass is 35.5. The van der Waals surface area contributed by atoms with E-state index in [1.165, 1.54) is 10.5 Å². The van der Waals surface area contributed by atoms with Crippen LogP contribution in [0.3, 0.4) is 0 Å². The first-order valence-electron chi connectivity index (χ1n) is 19.6. The van der Waals surface area contributed by atoms with Gasteiger partial charge in [0.05, 0.1) is 77.1 Å². The van der Waals surface area contributed by atoms with E-state index in [1.54, 1.807) is 19.1 Å². The van der Waals surface area contributed by atoms with Crippen molar-refractivity contribution < 1.29 is 33.0 Å². The van der Waals surface area contributed by atoms with Gasteiger partial charge in [-0.05, 0) is 87.2 Å². The summed E-state index contributed by atoms with van der Waals surface area (Å²) in [5.41, 5.74) is 8.16. The van der Waals surface area contributed by atoms with Gasteiger partial charge in [-0.3, -0.25) is 19.1 Å². The molecule has 1 aliphatic rings. The zero-order valence-electron chi connectivity index (χ0n) is 35.0. The molecule has 0 saturated heterocycles. The molecule has 6 rings (SSSR count). The summed E-state index contributed by atoms with van der Waals surface area (Å²) in [6.07, 6.45) is 0.653. The van der Waals surface area contributed by atoms with Crippen molar-refractivity contribution in [3.8, 4) is 22.6 Å². The number of methoxy groups -OCH3 is 1. The molecule has 0 saturated carbocycles. The van der Waals surface area contributed by atoms with E-state index in [0.29, 0.717) is 77.4 Å². The van der Waals surface area contributed by atoms with Gasteiger partial charge >= 0.3 is 0 Å². The number of aliphatic imine (C=N–C) groups is 1. The summed E-state index contributed by atoms with van der Waals surface area (Å²) in [6, 6.07) is 20.0. The molecule has 0 aliphatic carbocycles. The fourth-order valence-electron chi connectivity index (χ4n) is 5.89. The second-order valence-corrected chi connectivity index (χ2v) is 14.1. The number of amides is 1. The van der Waals surface area contributed by atoms with Gasteiger partial charge in [-0.2, -0.15) is 0 Å². The highest BCUT2D eigenvalue weighted by Crippen LogP contribution is 2.32. The summed E-state index contributed by atoms with van der Waals surface area (Å²) in [4.78, 5) is 16.0. The third-order valence-electron chi connectivity index (χ3n) is 8.72. The third kappa shape index (κ3) is 14.3. The minimum absolute atomic E-state index is 0.468. The Morgan fingerprint density at radius 2 is 1.46 bits per heavy atom. The molecule has 3 aromatic carbocycles. The molecule has 2 aromatic heterocycles. The van der Waals surface area contributed by atoms with Crippen LogP contribution in [-0.2, 0) is 30.3 Å². The van der Waals surface area contributed by atoms with Crippen molar-refractivity contribution in [1.82, 2.24) is 30.0 Å². The van der Waals surface area contributed by atoms with E-state index in [-0.39, 0.29) is 0 Å². The Hall–Kier alpha value is -4.61. The molecule has 2 N–H and O–H groups in total. The van der Waals surface area contributed by atoms with E-state index in [1.807, 2.05) is 81.7 Å². The Bertz CT molecular complexity index is 2040. The van der Waals surface area contributed by atoms with E-state index in [9.17, 15) is 4.79 Å². The molecule has 0 bridgehead atoms. The second-order valence-electron chi connectivity index (χ2n) is 12.8. The lowest BCUT2D eigenvalue weighted by atomic mass is 10.00. The molecule has 1 amide bonds. The van der Waals surface area contributed by atoms with Crippen LogP contribution in [0.1, 0.15) is 53.6 Å². The monoisotopic (exact) mass is 849 g/mol. The summed E-state index contributed by atoms with van der Waals surface area (Å²) < 4.78 is 37.8. The zero-order valence-corrected chi connectivity index (χ0v) is 36.6. The van der Waals surface area contributed by atoms with Crippen LogP contribution in [0.15, 0.2) is 75.1 Å². The molecule has 0 spiro atoms. The Kier molecular flexibility index (Phi) is 20.6. The molecule has 14 nitrogen and oxygen atoms in total. The lowest BCUT2D eigenvalue weighted by Gasteiger charge is -2.14. The average Bonchev–Trinajstić information content (AvgIpc) is 3.74. The molecule has 318 valence electrons. The van der Waals surface area contributed by atoms with Crippen LogP contribution in [0.4, 0.5) is 0 Å². The number of benzene rings is 3. The summed E-state index contributed by atoms with van der Waals surface area (Å²) in [6.45, 7) is 17.8. The molecule has 59 heavy (non-hydrogen) atoms. The maximum Gasteiger partial charge on any atom is 0.207 e. The SMILES string of the molecule is CC.COc1ccc2c(c1)C(c1ccc(Cl)cc1)=NCc1nnc(C)n1-2.Cc1ccc(-c2c(C)noc2C)cc1SNCCOCCOCCOCCOCCNC=O. The smallest absolute Gasteiger partial charge is 0.207 e. The maximum absolute atomic E-state index is 10.1. The number of nitrogens with zero attached hydrogens (tertiary/aromatic N) is 5. The minimum atomic E-state index is 0.468. The van der Waals surface area contributed by atoms with Crippen LogP contribution in [0.5, 0.6) is 5.75 Å². The van der Waals surface area contributed by atoms with Gasteiger partial charge in [0.25, 0.3) is 0 Å². The first kappa shape index (κ1) is 47.1. The van der Waals surface area contributed by atoms with Crippen molar-refractivity contribution >= 4 is 35.7 Å². The van der Waals surface area contributed by atoms with Crippen molar-refractivity contribution in [2.24, 2.45) is 4.99 Å². The largest absolute Gasteiger partial charge is 0.497 e. The molecular weight excluding hydrogens is 794 g/mol. The molecule has 16 heteroatoms. The predicted molar refractivity (Wildman–Crippen MR) is 232 cm³/mol. The Labute approximate surface area is 356 Å². The normalized spacial score (nSPS) is 11.6. The zero-order chi connectivity index (χ0) is 42.4. The van der Waals surface area contributed by atoms with Gasteiger partial charge in [-0.25, -0.2) is 0 Å². The Morgan fingerprint density at radius 3 is 2.08 bits per heavy atom. The van der Waals surface area contributed by atoms with Gasteiger partial charge in [0.1, 0.15) is 23.9 Å². The number of ether oxygens (including phenoxy) is 5. The Balaban J connectivity index is 0.000000260. The predicted octanol–water partition coefficient (Wildman–Crippen LogP) is 7.29. The number of halogens is 1. The molecule has 3 heterocycles. The van der Waals surface area contributed by atoms with Crippen molar-refractivity contribution in [3.05, 3.63) is 105 Å². The van der Waals surface area contributed by atoms with E-state index in [4.69, 9.17) is 44.8 Å². The first-order valence-corrected chi connectivity index (χ1v) is 20.8. The van der Waals surface area contributed by atoms with Crippen molar-refractivity contribution in [2.75, 3.05) is 73.1 Å². The highest BCUT2D eigenvalue weighted by molar-refractivity contribution is 7.97. The van der Waals surface area contributed by atoms with Crippen LogP contribution >= 0.6 is 23.5 Å². The van der Waals surface area contributed by atoms with Crippen molar-refractivity contribution in [1.29, 1.82) is 0 Å². The van der Waals surface area contributed by atoms with E-state index in [0.717, 1.165) is 69.1 Å². The summed E-state index contributed by atoms with van der Waals surface area (Å²) in [5.74, 6) is 3.27. The van der Waals surface area contributed by atoms with Gasteiger partial charge in [-0.1, -0.05) is 54.9 Å². The number of carbonyl (C=O) groups excluding carboxylic acids is 1. The summed E-state index contributed by atoms with van der Waals surface area (Å²) in [7, 11) is 1.66. The lowest BCUT2D eigenvalue weighted by molar-refractivity contribution is -0.109. The number of rotatable bonds is 21. The summed E-state index contributed by atoms with van der Waals surface area (Å²) in [5, 5.41) is 15.7. The fraction of sp³-hybridized carbons (Fsp3) is 0.419. The molecule has 0 fully saturated rings. The van der Waals surface area contributed by atoms with Crippen molar-refractivity contribution in [2.45, 2.75) is 53.0 Å². The number of aryl methyl sites for hydroxylation is 4. The number of carbonyl (C=O) groups is 1. The van der Waals surface area contributed by atoms with Crippen LogP contribution in [0.25, 0.3) is 16.8 Å². The van der Waals surface area contributed by atoms with E-state index >= 15 is 0 Å². The third-order valence-corrected chi connectivity index (χ3v) is 9.98. The van der Waals surface area contributed by atoms with E-state index in [2.05, 4.69) is 50.5 Å². The number of fused-ring (bicyclic) bond motifs is 3. The number of hydrogen-bond donors (Lipinski definition) is 2. The number of aromatic nitrogens is 4. The van der Waals surface area contributed by atoms with E-state index < -0.39 is 0 Å². The van der Waals surface area contributed by atoms with Crippen molar-refractivity contribution in [3.63, 3.8) is 0 Å². The van der Waals surface area contributed by atoms with Crippen LogP contribution < -0.4 is 14.8 Å². The van der Waals surface area contributed by atoms with Gasteiger partial charge in [0.2, 0.25) is 6.41 Å². The Morgan fingerprint density at radius 1 is 0.814 bits per heavy atom. The summed E-state index contributed by atoms with van der Waals surface area (Å²) >= 11 is 7.62. The molecule has 0 radical (unpaired) electrons. The number of hydrogen-bond acceptors (Lipinski definition) is 13. The van der Waals surface area contributed by atoms with Gasteiger partial charge in [-0.15, -0.1) is 10.2 Å². The topological polar surface area (TPSA) is 156 Å². The van der Waals surface area contributed by atoms with Crippen LogP contribution in [-0.4, -0.2) is 105 Å². The average molecular weight is 850 g/mol. The molecule has 5 aromatic rings. The maximum atomic E-state index is 10.1. The van der Waals surface area contributed by atoms with Gasteiger partial charge < -0.3 is 33.5 Å². The molecule has 0 unspecified atom stereocenters. The number of nitrogens with one attached hydrogen (secondary N) is 2. The standard InChI is InChI=1S/C23H35N3O6S.C18H15ClN4O.C2H6/c1-18-4-5-21(23-19(2)26-32-20(23)3)16-22(18)33-25-7-9-29-11-13-31-15-14-30-12-10-28-8-6-24-17-27;1-11-21-22-17-10-20-18(12-3-5-13(19)6-4-12)15-9-14(24-2)7-8-16(15)23(11)17;1-2/h4-5,16-17,25H,6-15H2,1-3H3,(H,24,27);3-9H,10H2,1-2H3;1-2H3. The molecule has 0 atom stereocenters. The highest BCUT2D eigenvalue weighted by Gasteiger charge is 2.22. The molecular formula is C43H56ClN7O7S. The van der Waals surface area contributed by atoms with Gasteiger partial charge in [0.15, 0.2) is 5.82 Å². The second kappa shape index (κ2) is 25.8. The van der Waals surface area contributed by atoms with Gasteiger partial charge in [0, 0.05) is 39.7 Å². The molecule has 1 aliphatic heterocycles. The van der Waals surface area contributed by atoms with Crippen LogP contribution in [0.2, 0.25) is 5.02 Å².